The average molecular weight is 533 g/mol. The number of thioether (sulfide) groups is 1. The first-order chi connectivity index (χ1) is 17.4. The maximum Gasteiger partial charge on any atom is 0.348 e. The molecule has 0 radical (unpaired) electrons. The highest BCUT2D eigenvalue weighted by Crippen LogP contribution is 2.34. The van der Waals surface area contributed by atoms with Crippen LogP contribution in [-0.2, 0) is 27.4 Å². The molecule has 2 aromatic heterocycles. The normalized spacial score (nSPS) is 10.7. The van der Waals surface area contributed by atoms with Gasteiger partial charge >= 0.3 is 11.9 Å². The Hall–Kier alpha value is -3.38. The highest BCUT2D eigenvalue weighted by molar-refractivity contribution is 7.99. The molecule has 0 unspecified atom stereocenters. The molecule has 3 rings (SSSR count). The second-order valence-corrected chi connectivity index (χ2v) is 9.25. The van der Waals surface area contributed by atoms with E-state index >= 15 is 0 Å². The van der Waals surface area contributed by atoms with Crippen molar-refractivity contribution in [2.75, 3.05) is 24.3 Å². The van der Waals surface area contributed by atoms with E-state index < -0.39 is 11.9 Å². The van der Waals surface area contributed by atoms with E-state index in [4.69, 9.17) is 14.2 Å². The van der Waals surface area contributed by atoms with Gasteiger partial charge in [0.2, 0.25) is 5.91 Å². The molecule has 1 amide bonds. The molecular weight excluding hydrogens is 504 g/mol. The minimum atomic E-state index is -0.612. The molecule has 1 aromatic carbocycles. The van der Waals surface area contributed by atoms with Crippen molar-refractivity contribution in [3.63, 3.8) is 0 Å². The van der Waals surface area contributed by atoms with Gasteiger partial charge in [-0.2, -0.15) is 0 Å². The monoisotopic (exact) mass is 532 g/mol. The number of benzene rings is 1. The lowest BCUT2D eigenvalue weighted by Crippen LogP contribution is -2.17. The highest BCUT2D eigenvalue weighted by atomic mass is 32.2. The lowest BCUT2D eigenvalue weighted by Gasteiger charge is -2.09. The second kappa shape index (κ2) is 13.1. The lowest BCUT2D eigenvalue weighted by atomic mass is 10.1. The zero-order chi connectivity index (χ0) is 26.1. The number of nitrogens with one attached hydrogen (secondary N) is 1. The Kier molecular flexibility index (Phi) is 9.88. The smallest absolute Gasteiger partial charge is 0.348 e. The van der Waals surface area contributed by atoms with E-state index in [9.17, 15) is 14.4 Å². The van der Waals surface area contributed by atoms with Crippen LogP contribution in [0.25, 0.3) is 0 Å². The molecular formula is C24H28N4O6S2. The van der Waals surface area contributed by atoms with E-state index in [1.165, 1.54) is 11.8 Å². The number of para-hydroxylation sites is 1. The van der Waals surface area contributed by atoms with Gasteiger partial charge in [-0.15, -0.1) is 21.5 Å². The molecule has 10 nitrogen and oxygen atoms in total. The first-order valence-corrected chi connectivity index (χ1v) is 13.2. The summed E-state index contributed by atoms with van der Waals surface area (Å²) in [7, 11) is 0. The molecule has 36 heavy (non-hydrogen) atoms. The van der Waals surface area contributed by atoms with Crippen molar-refractivity contribution >= 4 is 45.9 Å². The van der Waals surface area contributed by atoms with Crippen molar-refractivity contribution in [1.82, 2.24) is 14.8 Å². The Bertz CT molecular complexity index is 1210. The van der Waals surface area contributed by atoms with Crippen LogP contribution in [0, 0.1) is 6.92 Å². The van der Waals surface area contributed by atoms with Crippen molar-refractivity contribution in [2.45, 2.75) is 46.0 Å². The van der Waals surface area contributed by atoms with Gasteiger partial charge in [0.15, 0.2) is 11.0 Å². The number of hydrogen-bond acceptors (Lipinski definition) is 10. The summed E-state index contributed by atoms with van der Waals surface area (Å²) in [5.74, 6) is -0.148. The maximum atomic E-state index is 12.8. The van der Waals surface area contributed by atoms with Crippen LogP contribution >= 0.6 is 23.1 Å². The molecule has 0 saturated carbocycles. The summed E-state index contributed by atoms with van der Waals surface area (Å²) in [6, 6.07) is 9.40. The lowest BCUT2D eigenvalue weighted by molar-refractivity contribution is -0.113. The van der Waals surface area contributed by atoms with Crippen molar-refractivity contribution < 1.29 is 28.6 Å². The number of amides is 1. The zero-order valence-electron chi connectivity index (χ0n) is 20.5. The minimum Gasteiger partial charge on any atom is -0.486 e. The third-order valence-corrected chi connectivity index (χ3v) is 7.05. The third-order valence-electron chi connectivity index (χ3n) is 4.89. The van der Waals surface area contributed by atoms with Gasteiger partial charge < -0.3 is 24.1 Å². The van der Waals surface area contributed by atoms with Gasteiger partial charge in [0, 0.05) is 6.54 Å². The number of carbonyl (C=O) groups excluding carboxylic acids is 3. The van der Waals surface area contributed by atoms with Crippen LogP contribution in [0.1, 0.15) is 52.2 Å². The number of hydrogen-bond donors (Lipinski definition) is 1. The molecule has 0 bridgehead atoms. The van der Waals surface area contributed by atoms with Gasteiger partial charge in [-0.3, -0.25) is 4.79 Å². The summed E-state index contributed by atoms with van der Waals surface area (Å²) in [5.41, 5.74) is 0.564. The number of aromatic nitrogens is 3. The molecule has 0 fully saturated rings. The minimum absolute atomic E-state index is 0.0195. The quantitative estimate of drug-likeness (QED) is 0.268. The van der Waals surface area contributed by atoms with Crippen molar-refractivity contribution in [1.29, 1.82) is 0 Å². The van der Waals surface area contributed by atoms with Gasteiger partial charge in [0.1, 0.15) is 22.2 Å². The first-order valence-electron chi connectivity index (χ1n) is 11.4. The molecule has 0 aliphatic heterocycles. The van der Waals surface area contributed by atoms with Crippen LogP contribution in [0.15, 0.2) is 35.5 Å². The molecule has 192 valence electrons. The first kappa shape index (κ1) is 27.2. The fraction of sp³-hybridized carbons (Fsp3) is 0.375. The highest BCUT2D eigenvalue weighted by Gasteiger charge is 2.27. The largest absolute Gasteiger partial charge is 0.486 e. The molecule has 0 aliphatic rings. The Morgan fingerprint density at radius 1 is 1.03 bits per heavy atom. The van der Waals surface area contributed by atoms with Crippen LogP contribution in [0.4, 0.5) is 5.00 Å². The Labute approximate surface area is 217 Å². The molecule has 2 heterocycles. The standard InChI is InChI=1S/C24H28N4O6S2/c1-5-28-17(13-34-16-11-9-8-10-12-16)26-27-24(28)35-14-18(29)25-21-19(22(30)32-6-2)15(4)20(36-21)23(31)33-7-3/h8-12H,5-7,13-14H2,1-4H3,(H,25,29). The van der Waals surface area contributed by atoms with Crippen LogP contribution in [0.5, 0.6) is 5.75 Å². The van der Waals surface area contributed by atoms with Gasteiger partial charge in [-0.1, -0.05) is 30.0 Å². The summed E-state index contributed by atoms with van der Waals surface area (Å²) in [6.07, 6.45) is 0. The van der Waals surface area contributed by atoms with E-state index in [1.54, 1.807) is 20.8 Å². The summed E-state index contributed by atoms with van der Waals surface area (Å²) < 4.78 is 17.8. The van der Waals surface area contributed by atoms with Gasteiger partial charge in [-0.25, -0.2) is 9.59 Å². The van der Waals surface area contributed by atoms with Crippen molar-refractivity contribution in [3.8, 4) is 5.75 Å². The second-order valence-electron chi connectivity index (χ2n) is 7.28. The zero-order valence-corrected chi connectivity index (χ0v) is 22.2. The van der Waals surface area contributed by atoms with Crippen LogP contribution in [0.3, 0.4) is 0 Å². The summed E-state index contributed by atoms with van der Waals surface area (Å²) in [4.78, 5) is 37.9. The molecule has 1 N–H and O–H groups in total. The van der Waals surface area contributed by atoms with Crippen LogP contribution in [0.2, 0.25) is 0 Å². The summed E-state index contributed by atoms with van der Waals surface area (Å²) in [6.45, 7) is 8.16. The van der Waals surface area contributed by atoms with E-state index in [0.717, 1.165) is 17.1 Å². The molecule has 0 saturated heterocycles. The van der Waals surface area contributed by atoms with E-state index in [0.29, 0.717) is 23.1 Å². The van der Waals surface area contributed by atoms with Crippen LogP contribution in [-0.4, -0.2) is 51.6 Å². The Balaban J connectivity index is 1.69. The van der Waals surface area contributed by atoms with Crippen molar-refractivity contribution in [2.24, 2.45) is 0 Å². The van der Waals surface area contributed by atoms with E-state index in [1.807, 2.05) is 41.8 Å². The van der Waals surface area contributed by atoms with E-state index in [-0.39, 0.29) is 46.9 Å². The van der Waals surface area contributed by atoms with Gasteiger partial charge in [0.05, 0.1) is 24.5 Å². The predicted molar refractivity (Wildman–Crippen MR) is 137 cm³/mol. The van der Waals surface area contributed by atoms with Crippen molar-refractivity contribution in [3.05, 3.63) is 52.2 Å². The van der Waals surface area contributed by atoms with Crippen LogP contribution < -0.4 is 10.1 Å². The summed E-state index contributed by atoms with van der Waals surface area (Å²) >= 11 is 2.20. The molecule has 0 spiro atoms. The number of carbonyl (C=O) groups is 3. The molecule has 0 atom stereocenters. The molecule has 3 aromatic rings. The van der Waals surface area contributed by atoms with Gasteiger partial charge in [0.25, 0.3) is 0 Å². The number of anilines is 1. The number of esters is 2. The topological polar surface area (TPSA) is 122 Å². The molecule has 0 aliphatic carbocycles. The number of nitrogens with zero attached hydrogens (tertiary/aromatic N) is 3. The summed E-state index contributed by atoms with van der Waals surface area (Å²) in [5, 5.41) is 11.9. The predicted octanol–water partition coefficient (Wildman–Crippen LogP) is 4.33. The average Bonchev–Trinajstić information content (AvgIpc) is 3.42. The number of rotatable bonds is 12. The maximum absolute atomic E-state index is 12.8. The van der Waals surface area contributed by atoms with Gasteiger partial charge in [-0.05, 0) is 45.4 Å². The fourth-order valence-corrected chi connectivity index (χ4v) is 5.18. The number of ether oxygens (including phenoxy) is 3. The third kappa shape index (κ3) is 6.64. The Morgan fingerprint density at radius 3 is 2.39 bits per heavy atom. The SMILES string of the molecule is CCOC(=O)c1sc(NC(=O)CSc2nnc(COc3ccccc3)n2CC)c(C(=O)OCC)c1C. The number of thiophene rings is 1. The molecule has 12 heteroatoms. The van der Waals surface area contributed by atoms with E-state index in [2.05, 4.69) is 15.5 Å². The Morgan fingerprint density at radius 2 is 1.72 bits per heavy atom. The fourth-order valence-electron chi connectivity index (χ4n) is 3.25.